The van der Waals surface area contributed by atoms with Gasteiger partial charge in [-0.3, -0.25) is 4.79 Å². The zero-order valence-corrected chi connectivity index (χ0v) is 17.7. The van der Waals surface area contributed by atoms with Crippen molar-refractivity contribution in [2.24, 2.45) is 0 Å². The van der Waals surface area contributed by atoms with Crippen molar-refractivity contribution in [2.45, 2.75) is 32.2 Å². The molecule has 1 aliphatic heterocycles. The molecule has 160 valence electrons. The summed E-state index contributed by atoms with van der Waals surface area (Å²) in [4.78, 5) is 16.0. The number of hydrogen-bond acceptors (Lipinski definition) is 5. The summed E-state index contributed by atoms with van der Waals surface area (Å²) >= 11 is 0. The molecular formula is C26H22FN3O2. The number of halogens is 1. The van der Waals surface area contributed by atoms with E-state index in [1.54, 1.807) is 12.1 Å². The summed E-state index contributed by atoms with van der Waals surface area (Å²) in [5.74, 6) is 0.254. The average molecular weight is 427 g/mol. The van der Waals surface area contributed by atoms with Crippen LogP contribution in [0, 0.1) is 5.82 Å². The van der Waals surface area contributed by atoms with Crippen LogP contribution in [0.25, 0.3) is 22.2 Å². The summed E-state index contributed by atoms with van der Waals surface area (Å²) < 4.78 is 19.3. The van der Waals surface area contributed by atoms with E-state index in [1.807, 2.05) is 30.3 Å². The lowest BCUT2D eigenvalue weighted by molar-refractivity contribution is 0.104. The monoisotopic (exact) mass is 427 g/mol. The summed E-state index contributed by atoms with van der Waals surface area (Å²) in [5, 5.41) is 8.56. The minimum atomic E-state index is -0.304. The maximum absolute atomic E-state index is 13.6. The van der Waals surface area contributed by atoms with Gasteiger partial charge in [0.15, 0.2) is 11.5 Å². The molecule has 0 radical (unpaired) electrons. The SMILES string of the molecule is CC1CCCCN1c1cc(Nc2ccc(F)cc2)c2c3c(onc13)-c1ccccc1C2=O. The molecule has 5 nitrogen and oxygen atoms in total. The quantitative estimate of drug-likeness (QED) is 0.366. The summed E-state index contributed by atoms with van der Waals surface area (Å²) in [5.41, 5.74) is 4.99. The predicted octanol–water partition coefficient (Wildman–Crippen LogP) is 6.30. The highest BCUT2D eigenvalue weighted by atomic mass is 19.1. The second kappa shape index (κ2) is 7.19. The van der Waals surface area contributed by atoms with Gasteiger partial charge >= 0.3 is 0 Å². The number of hydrogen-bond donors (Lipinski definition) is 1. The van der Waals surface area contributed by atoms with Crippen molar-refractivity contribution in [3.8, 4) is 11.3 Å². The first-order chi connectivity index (χ1) is 15.6. The van der Waals surface area contributed by atoms with E-state index in [9.17, 15) is 9.18 Å². The lowest BCUT2D eigenvalue weighted by atomic mass is 9.86. The number of nitrogens with one attached hydrogen (secondary N) is 1. The molecule has 1 aromatic heterocycles. The number of rotatable bonds is 3. The summed E-state index contributed by atoms with van der Waals surface area (Å²) in [6.07, 6.45) is 3.42. The molecule has 6 rings (SSSR count). The van der Waals surface area contributed by atoms with Crippen LogP contribution in [0.2, 0.25) is 0 Å². The molecule has 1 N–H and O–H groups in total. The van der Waals surface area contributed by atoms with E-state index in [0.717, 1.165) is 41.5 Å². The van der Waals surface area contributed by atoms with Crippen molar-refractivity contribution < 1.29 is 13.7 Å². The highest BCUT2D eigenvalue weighted by molar-refractivity contribution is 6.28. The molecule has 2 heterocycles. The first kappa shape index (κ1) is 19.0. The molecular weight excluding hydrogens is 405 g/mol. The number of carbonyl (C=O) groups is 1. The summed E-state index contributed by atoms with van der Waals surface area (Å²) in [6, 6.07) is 16.0. The van der Waals surface area contributed by atoms with Gasteiger partial charge in [-0.25, -0.2) is 4.39 Å². The van der Waals surface area contributed by atoms with Gasteiger partial charge in [0.05, 0.1) is 22.3 Å². The van der Waals surface area contributed by atoms with Crippen LogP contribution in [0.4, 0.5) is 21.5 Å². The molecule has 6 heteroatoms. The molecule has 0 saturated carbocycles. The Bertz CT molecular complexity index is 1360. The molecule has 0 amide bonds. The molecule has 2 aliphatic rings. The van der Waals surface area contributed by atoms with Gasteiger partial charge in [0.25, 0.3) is 0 Å². The number of carbonyl (C=O) groups excluding carboxylic acids is 1. The van der Waals surface area contributed by atoms with Crippen LogP contribution < -0.4 is 10.2 Å². The molecule has 32 heavy (non-hydrogen) atoms. The molecule has 1 fully saturated rings. The van der Waals surface area contributed by atoms with Crippen LogP contribution in [0.15, 0.2) is 59.1 Å². The van der Waals surface area contributed by atoms with E-state index in [1.165, 1.54) is 18.6 Å². The second-order valence-corrected chi connectivity index (χ2v) is 8.60. The van der Waals surface area contributed by atoms with Gasteiger partial charge < -0.3 is 14.7 Å². The van der Waals surface area contributed by atoms with E-state index < -0.39 is 0 Å². The van der Waals surface area contributed by atoms with Crippen LogP contribution in [-0.2, 0) is 0 Å². The number of piperidine rings is 1. The maximum atomic E-state index is 13.6. The Morgan fingerprint density at radius 1 is 1.09 bits per heavy atom. The van der Waals surface area contributed by atoms with Crippen LogP contribution >= 0.6 is 0 Å². The third-order valence-corrected chi connectivity index (χ3v) is 6.61. The number of nitrogens with zero attached hydrogens (tertiary/aromatic N) is 2. The molecule has 1 saturated heterocycles. The standard InChI is InChI=1S/C26H22FN3O2/c1-15-6-4-5-13-30(15)21-14-20(28-17-11-9-16(27)10-12-17)22-23-24(21)29-32-26(23)19-8-3-2-7-18(19)25(22)31/h2-3,7-12,14-15,28H,4-6,13H2,1H3. The van der Waals surface area contributed by atoms with Crippen molar-refractivity contribution in [1.82, 2.24) is 5.16 Å². The largest absolute Gasteiger partial charge is 0.367 e. The summed E-state index contributed by atoms with van der Waals surface area (Å²) in [7, 11) is 0. The third-order valence-electron chi connectivity index (χ3n) is 6.61. The van der Waals surface area contributed by atoms with Crippen LogP contribution in [0.3, 0.4) is 0 Å². The lowest BCUT2D eigenvalue weighted by Crippen LogP contribution is -2.37. The minimum absolute atomic E-state index is 0.0656. The van der Waals surface area contributed by atoms with E-state index in [4.69, 9.17) is 4.52 Å². The molecule has 1 atom stereocenters. The van der Waals surface area contributed by atoms with Gasteiger partial charge in [-0.05, 0) is 56.5 Å². The van der Waals surface area contributed by atoms with Crippen molar-refractivity contribution in [2.75, 3.05) is 16.8 Å². The minimum Gasteiger partial charge on any atom is -0.367 e. The van der Waals surface area contributed by atoms with E-state index in [-0.39, 0.29) is 11.6 Å². The Morgan fingerprint density at radius 2 is 1.88 bits per heavy atom. The summed E-state index contributed by atoms with van der Waals surface area (Å²) in [6.45, 7) is 3.15. The van der Waals surface area contributed by atoms with Crippen molar-refractivity contribution in [1.29, 1.82) is 0 Å². The highest BCUT2D eigenvalue weighted by Crippen LogP contribution is 2.47. The normalized spacial score (nSPS) is 17.5. The molecule has 1 unspecified atom stereocenters. The number of fused-ring (bicyclic) bond motifs is 2. The smallest absolute Gasteiger partial charge is 0.196 e. The first-order valence-corrected chi connectivity index (χ1v) is 11.0. The van der Waals surface area contributed by atoms with Gasteiger partial charge in [-0.2, -0.15) is 0 Å². The van der Waals surface area contributed by atoms with E-state index >= 15 is 0 Å². The predicted molar refractivity (Wildman–Crippen MR) is 123 cm³/mol. The zero-order chi connectivity index (χ0) is 21.8. The Kier molecular flexibility index (Phi) is 4.28. The number of benzene rings is 3. The van der Waals surface area contributed by atoms with Gasteiger partial charge in [-0.1, -0.05) is 29.4 Å². The number of anilines is 3. The van der Waals surface area contributed by atoms with Gasteiger partial charge in [-0.15, -0.1) is 0 Å². The van der Waals surface area contributed by atoms with Crippen molar-refractivity contribution in [3.63, 3.8) is 0 Å². The van der Waals surface area contributed by atoms with Crippen LogP contribution in [0.1, 0.15) is 42.1 Å². The maximum Gasteiger partial charge on any atom is 0.196 e. The lowest BCUT2D eigenvalue weighted by Gasteiger charge is -2.36. The Morgan fingerprint density at radius 3 is 2.66 bits per heavy atom. The molecule has 0 spiro atoms. The third kappa shape index (κ3) is 2.83. The fourth-order valence-electron chi connectivity index (χ4n) is 5.00. The Balaban J connectivity index is 1.62. The van der Waals surface area contributed by atoms with Crippen molar-refractivity contribution >= 4 is 33.7 Å². The topological polar surface area (TPSA) is 58.4 Å². The van der Waals surface area contributed by atoms with Gasteiger partial charge in [0.1, 0.15) is 11.3 Å². The fraction of sp³-hybridized carbons (Fsp3) is 0.231. The zero-order valence-electron chi connectivity index (χ0n) is 17.7. The second-order valence-electron chi connectivity index (χ2n) is 8.60. The molecule has 3 aromatic carbocycles. The fourth-order valence-corrected chi connectivity index (χ4v) is 5.00. The van der Waals surface area contributed by atoms with E-state index in [2.05, 4.69) is 22.3 Å². The van der Waals surface area contributed by atoms with Crippen LogP contribution in [0.5, 0.6) is 0 Å². The van der Waals surface area contributed by atoms with Crippen LogP contribution in [-0.4, -0.2) is 23.5 Å². The number of ketones is 1. The first-order valence-electron chi connectivity index (χ1n) is 11.0. The highest BCUT2D eigenvalue weighted by Gasteiger charge is 2.34. The van der Waals surface area contributed by atoms with Gasteiger partial charge in [0, 0.05) is 29.4 Å². The van der Waals surface area contributed by atoms with E-state index in [0.29, 0.717) is 34.3 Å². The Hall–Kier alpha value is -3.67. The number of aromatic nitrogens is 1. The average Bonchev–Trinajstić information content (AvgIpc) is 3.25. The Labute approximate surface area is 184 Å². The van der Waals surface area contributed by atoms with Crippen molar-refractivity contribution in [3.05, 3.63) is 71.5 Å². The molecule has 1 aliphatic carbocycles. The molecule has 4 aromatic rings. The van der Waals surface area contributed by atoms with Gasteiger partial charge in [0.2, 0.25) is 0 Å². The molecule has 0 bridgehead atoms.